The van der Waals surface area contributed by atoms with Gasteiger partial charge < -0.3 is 10.5 Å². The van der Waals surface area contributed by atoms with Gasteiger partial charge in [-0.25, -0.2) is 4.98 Å². The van der Waals surface area contributed by atoms with Crippen LogP contribution in [0.5, 0.6) is 5.88 Å². The molecule has 3 heteroatoms. The van der Waals surface area contributed by atoms with Crippen molar-refractivity contribution in [1.82, 2.24) is 4.98 Å². The molecule has 0 aromatic carbocycles. The minimum absolute atomic E-state index is 0.172. The number of ether oxygens (including phenoxy) is 1. The van der Waals surface area contributed by atoms with E-state index in [9.17, 15) is 0 Å². The lowest BCUT2D eigenvalue weighted by atomic mass is 10.1. The molecular formula is C13H22N2O. The highest BCUT2D eigenvalue weighted by Crippen LogP contribution is 2.16. The van der Waals surface area contributed by atoms with Crippen LogP contribution in [0.2, 0.25) is 0 Å². The van der Waals surface area contributed by atoms with Gasteiger partial charge in [0.15, 0.2) is 0 Å². The van der Waals surface area contributed by atoms with Gasteiger partial charge in [-0.05, 0) is 30.9 Å². The van der Waals surface area contributed by atoms with Crippen LogP contribution in [-0.2, 0) is 13.0 Å². The van der Waals surface area contributed by atoms with Crippen molar-refractivity contribution < 1.29 is 4.74 Å². The Hall–Kier alpha value is -1.09. The number of hydrogen-bond donors (Lipinski definition) is 1. The van der Waals surface area contributed by atoms with Crippen molar-refractivity contribution in [3.05, 3.63) is 23.4 Å². The third-order valence-corrected chi connectivity index (χ3v) is 2.76. The van der Waals surface area contributed by atoms with Crippen molar-refractivity contribution in [3.8, 4) is 5.88 Å². The average Bonchev–Trinajstić information content (AvgIpc) is 2.28. The lowest BCUT2D eigenvalue weighted by Crippen LogP contribution is -2.19. The standard InChI is InChI=1S/C13H22N2O/c1-5-12-6-11(8-14)7-13(15-12)16-10(4)9(2)3/h6-7,9-10H,5,8,14H2,1-4H3. The van der Waals surface area contributed by atoms with Crippen LogP contribution in [0.25, 0.3) is 0 Å². The highest BCUT2D eigenvalue weighted by molar-refractivity contribution is 5.25. The largest absolute Gasteiger partial charge is 0.474 e. The van der Waals surface area contributed by atoms with E-state index in [-0.39, 0.29) is 6.10 Å². The van der Waals surface area contributed by atoms with Crippen LogP contribution < -0.4 is 10.5 Å². The van der Waals surface area contributed by atoms with E-state index in [4.69, 9.17) is 10.5 Å². The number of nitrogens with two attached hydrogens (primary N) is 1. The fourth-order valence-corrected chi connectivity index (χ4v) is 1.31. The van der Waals surface area contributed by atoms with Crippen molar-refractivity contribution in [2.75, 3.05) is 0 Å². The monoisotopic (exact) mass is 222 g/mol. The quantitative estimate of drug-likeness (QED) is 0.832. The Kier molecular flexibility index (Phi) is 4.74. The van der Waals surface area contributed by atoms with Crippen molar-refractivity contribution in [1.29, 1.82) is 0 Å². The molecule has 1 rings (SSSR count). The third kappa shape index (κ3) is 3.49. The van der Waals surface area contributed by atoms with Crippen LogP contribution in [0.1, 0.15) is 39.0 Å². The lowest BCUT2D eigenvalue weighted by Gasteiger charge is -2.18. The minimum Gasteiger partial charge on any atom is -0.474 e. The van der Waals surface area contributed by atoms with Crippen molar-refractivity contribution in [2.24, 2.45) is 11.7 Å². The van der Waals surface area contributed by atoms with E-state index < -0.39 is 0 Å². The van der Waals surface area contributed by atoms with Crippen LogP contribution in [0.15, 0.2) is 12.1 Å². The molecule has 1 unspecified atom stereocenters. The first-order valence-electron chi connectivity index (χ1n) is 5.93. The molecule has 1 aromatic rings. The van der Waals surface area contributed by atoms with Gasteiger partial charge >= 0.3 is 0 Å². The summed E-state index contributed by atoms with van der Waals surface area (Å²) in [6.07, 6.45) is 1.07. The number of hydrogen-bond acceptors (Lipinski definition) is 3. The summed E-state index contributed by atoms with van der Waals surface area (Å²) in [4.78, 5) is 4.44. The Labute approximate surface area is 98.0 Å². The Bertz CT molecular complexity index is 314. The zero-order chi connectivity index (χ0) is 12.1. The fraction of sp³-hybridized carbons (Fsp3) is 0.615. The molecule has 1 aromatic heterocycles. The summed E-state index contributed by atoms with van der Waals surface area (Å²) in [5.74, 6) is 1.18. The molecule has 2 N–H and O–H groups in total. The van der Waals surface area contributed by atoms with E-state index in [2.05, 4.69) is 32.7 Å². The van der Waals surface area contributed by atoms with Crippen LogP contribution in [0.3, 0.4) is 0 Å². The van der Waals surface area contributed by atoms with Gasteiger partial charge in [-0.15, -0.1) is 0 Å². The van der Waals surface area contributed by atoms with E-state index in [0.29, 0.717) is 18.3 Å². The molecule has 1 heterocycles. The fourth-order valence-electron chi connectivity index (χ4n) is 1.31. The Morgan fingerprint density at radius 3 is 2.50 bits per heavy atom. The summed E-state index contributed by atoms with van der Waals surface area (Å²) < 4.78 is 5.79. The Morgan fingerprint density at radius 1 is 1.31 bits per heavy atom. The summed E-state index contributed by atoms with van der Waals surface area (Å²) >= 11 is 0. The zero-order valence-electron chi connectivity index (χ0n) is 10.7. The molecule has 0 amide bonds. The van der Waals surface area contributed by atoms with Crippen LogP contribution in [0.4, 0.5) is 0 Å². The minimum atomic E-state index is 0.172. The van der Waals surface area contributed by atoms with E-state index >= 15 is 0 Å². The van der Waals surface area contributed by atoms with Gasteiger partial charge in [0.2, 0.25) is 5.88 Å². The first kappa shape index (κ1) is 13.0. The lowest BCUT2D eigenvalue weighted by molar-refractivity contribution is 0.163. The Balaban J connectivity index is 2.86. The van der Waals surface area contributed by atoms with Crippen LogP contribution in [-0.4, -0.2) is 11.1 Å². The molecule has 0 aliphatic heterocycles. The second-order valence-corrected chi connectivity index (χ2v) is 4.43. The molecule has 0 saturated carbocycles. The second-order valence-electron chi connectivity index (χ2n) is 4.43. The molecule has 0 fully saturated rings. The highest BCUT2D eigenvalue weighted by Gasteiger charge is 2.10. The maximum atomic E-state index is 5.79. The molecule has 0 bridgehead atoms. The average molecular weight is 222 g/mol. The first-order chi connectivity index (χ1) is 7.56. The predicted octanol–water partition coefficient (Wildman–Crippen LogP) is 2.53. The van der Waals surface area contributed by atoms with Crippen LogP contribution >= 0.6 is 0 Å². The summed E-state index contributed by atoms with van der Waals surface area (Å²) in [5.41, 5.74) is 7.77. The summed E-state index contributed by atoms with van der Waals surface area (Å²) in [7, 11) is 0. The van der Waals surface area contributed by atoms with Gasteiger partial charge in [0.1, 0.15) is 0 Å². The summed E-state index contributed by atoms with van der Waals surface area (Å²) in [6.45, 7) is 8.95. The van der Waals surface area contributed by atoms with Gasteiger partial charge in [-0.2, -0.15) is 0 Å². The molecule has 90 valence electrons. The molecule has 0 aliphatic rings. The van der Waals surface area contributed by atoms with Gasteiger partial charge in [0, 0.05) is 18.3 Å². The molecule has 0 aliphatic carbocycles. The van der Waals surface area contributed by atoms with E-state index in [1.165, 1.54) is 0 Å². The second kappa shape index (κ2) is 5.85. The maximum absolute atomic E-state index is 5.79. The van der Waals surface area contributed by atoms with E-state index in [0.717, 1.165) is 17.7 Å². The maximum Gasteiger partial charge on any atom is 0.214 e. The highest BCUT2D eigenvalue weighted by atomic mass is 16.5. The number of aromatic nitrogens is 1. The van der Waals surface area contributed by atoms with Gasteiger partial charge in [0.25, 0.3) is 0 Å². The summed E-state index contributed by atoms with van der Waals surface area (Å²) in [5, 5.41) is 0. The predicted molar refractivity (Wildman–Crippen MR) is 66.4 cm³/mol. The number of nitrogens with zero attached hydrogens (tertiary/aromatic N) is 1. The smallest absolute Gasteiger partial charge is 0.214 e. The van der Waals surface area contributed by atoms with Gasteiger partial charge in [-0.3, -0.25) is 0 Å². The van der Waals surface area contributed by atoms with Gasteiger partial charge in [-0.1, -0.05) is 20.8 Å². The van der Waals surface area contributed by atoms with Crippen molar-refractivity contribution >= 4 is 0 Å². The molecular weight excluding hydrogens is 200 g/mol. The number of rotatable bonds is 5. The number of aryl methyl sites for hydroxylation is 1. The molecule has 3 nitrogen and oxygen atoms in total. The molecule has 1 atom stereocenters. The molecule has 0 spiro atoms. The molecule has 0 saturated heterocycles. The zero-order valence-corrected chi connectivity index (χ0v) is 10.7. The topological polar surface area (TPSA) is 48.1 Å². The first-order valence-corrected chi connectivity index (χ1v) is 5.93. The van der Waals surface area contributed by atoms with Crippen molar-refractivity contribution in [3.63, 3.8) is 0 Å². The van der Waals surface area contributed by atoms with E-state index in [1.807, 2.05) is 12.1 Å². The SMILES string of the molecule is CCc1cc(CN)cc(OC(C)C(C)C)n1. The molecule has 0 radical (unpaired) electrons. The molecule has 16 heavy (non-hydrogen) atoms. The third-order valence-electron chi connectivity index (χ3n) is 2.76. The normalized spacial score (nSPS) is 12.9. The van der Waals surface area contributed by atoms with E-state index in [1.54, 1.807) is 0 Å². The van der Waals surface area contributed by atoms with Crippen LogP contribution in [0, 0.1) is 5.92 Å². The Morgan fingerprint density at radius 2 is 2.00 bits per heavy atom. The summed E-state index contributed by atoms with van der Waals surface area (Å²) in [6, 6.07) is 3.96. The number of pyridine rings is 1. The van der Waals surface area contributed by atoms with Crippen molar-refractivity contribution in [2.45, 2.75) is 46.8 Å². The van der Waals surface area contributed by atoms with Gasteiger partial charge in [0.05, 0.1) is 6.10 Å².